The maximum atomic E-state index is 11.9. The molecule has 0 fully saturated rings. The standard InChI is InChI=1S/C13H23NO5/c1-8(2)7-19-13(18)14-10(5-6-11(15)16)12(17)9(3)4/h8-10H,5-7H2,1-4H3,(H,14,18)(H,15,16). The number of hydrogen-bond donors (Lipinski definition) is 2. The first kappa shape index (κ1) is 17.4. The number of ketones is 1. The van der Waals surface area contributed by atoms with Crippen LogP contribution >= 0.6 is 0 Å². The van der Waals surface area contributed by atoms with Crippen molar-refractivity contribution in [3.8, 4) is 0 Å². The summed E-state index contributed by atoms with van der Waals surface area (Å²) in [5, 5.41) is 11.1. The molecule has 0 saturated carbocycles. The van der Waals surface area contributed by atoms with Crippen LogP contribution in [0.3, 0.4) is 0 Å². The van der Waals surface area contributed by atoms with Gasteiger partial charge in [0, 0.05) is 12.3 Å². The van der Waals surface area contributed by atoms with E-state index in [2.05, 4.69) is 5.32 Å². The normalized spacial score (nSPS) is 12.3. The highest BCUT2D eigenvalue weighted by atomic mass is 16.5. The average molecular weight is 273 g/mol. The van der Waals surface area contributed by atoms with Gasteiger partial charge in [-0.15, -0.1) is 0 Å². The number of carboxylic acids is 1. The van der Waals surface area contributed by atoms with Crippen LogP contribution in [0.4, 0.5) is 4.79 Å². The summed E-state index contributed by atoms with van der Waals surface area (Å²) >= 11 is 0. The number of carboxylic acid groups (broad SMARTS) is 1. The van der Waals surface area contributed by atoms with Crippen molar-refractivity contribution in [2.45, 2.75) is 46.6 Å². The van der Waals surface area contributed by atoms with Gasteiger partial charge in [-0.2, -0.15) is 0 Å². The molecule has 0 aromatic carbocycles. The van der Waals surface area contributed by atoms with Crippen molar-refractivity contribution in [1.29, 1.82) is 0 Å². The Morgan fingerprint density at radius 2 is 1.74 bits per heavy atom. The van der Waals surface area contributed by atoms with Crippen molar-refractivity contribution in [2.24, 2.45) is 11.8 Å². The summed E-state index contributed by atoms with van der Waals surface area (Å²) in [6, 6.07) is -0.809. The second-order valence-electron chi connectivity index (χ2n) is 5.18. The van der Waals surface area contributed by atoms with Crippen molar-refractivity contribution in [1.82, 2.24) is 5.32 Å². The number of rotatable bonds is 8. The highest BCUT2D eigenvalue weighted by Gasteiger charge is 2.24. The number of hydrogen-bond acceptors (Lipinski definition) is 4. The fourth-order valence-electron chi connectivity index (χ4n) is 1.38. The van der Waals surface area contributed by atoms with Crippen molar-refractivity contribution >= 4 is 17.8 Å². The van der Waals surface area contributed by atoms with Gasteiger partial charge in [0.1, 0.15) is 0 Å². The zero-order valence-corrected chi connectivity index (χ0v) is 11.9. The number of aliphatic carboxylic acids is 1. The molecule has 1 amide bonds. The van der Waals surface area contributed by atoms with Crippen molar-refractivity contribution in [3.05, 3.63) is 0 Å². The number of Topliss-reactive ketones (excluding diaryl/α,β-unsaturated/α-hetero) is 1. The molecule has 0 aromatic rings. The smallest absolute Gasteiger partial charge is 0.407 e. The highest BCUT2D eigenvalue weighted by molar-refractivity contribution is 5.89. The van der Waals surface area contributed by atoms with Crippen LogP contribution in [0.1, 0.15) is 40.5 Å². The highest BCUT2D eigenvalue weighted by Crippen LogP contribution is 2.07. The zero-order chi connectivity index (χ0) is 15.0. The van der Waals surface area contributed by atoms with E-state index in [4.69, 9.17) is 9.84 Å². The summed E-state index contributed by atoms with van der Waals surface area (Å²) in [5.41, 5.74) is 0. The second-order valence-corrected chi connectivity index (χ2v) is 5.18. The molecule has 0 bridgehead atoms. The number of carbonyl (C=O) groups is 3. The first-order chi connectivity index (χ1) is 8.73. The SMILES string of the molecule is CC(C)COC(=O)NC(CCC(=O)O)C(=O)C(C)C. The average Bonchev–Trinajstić information content (AvgIpc) is 2.30. The van der Waals surface area contributed by atoms with Crippen LogP contribution < -0.4 is 5.32 Å². The molecule has 0 aliphatic heterocycles. The molecule has 0 radical (unpaired) electrons. The van der Waals surface area contributed by atoms with E-state index in [0.717, 1.165) is 0 Å². The van der Waals surface area contributed by atoms with E-state index < -0.39 is 18.1 Å². The van der Waals surface area contributed by atoms with Gasteiger partial charge < -0.3 is 15.2 Å². The maximum Gasteiger partial charge on any atom is 0.407 e. The van der Waals surface area contributed by atoms with E-state index in [1.54, 1.807) is 13.8 Å². The summed E-state index contributed by atoms with van der Waals surface area (Å²) in [5.74, 6) is -1.27. The summed E-state index contributed by atoms with van der Waals surface area (Å²) in [6.07, 6.45) is -0.783. The van der Waals surface area contributed by atoms with Gasteiger partial charge in [-0.1, -0.05) is 27.7 Å². The lowest BCUT2D eigenvalue weighted by atomic mass is 9.98. The van der Waals surface area contributed by atoms with E-state index in [0.29, 0.717) is 0 Å². The van der Waals surface area contributed by atoms with Gasteiger partial charge in [-0.05, 0) is 12.3 Å². The minimum Gasteiger partial charge on any atom is -0.481 e. The molecule has 0 aromatic heterocycles. The lowest BCUT2D eigenvalue weighted by molar-refractivity contribution is -0.137. The minimum absolute atomic E-state index is 0.0725. The molecule has 0 aliphatic carbocycles. The predicted molar refractivity (Wildman–Crippen MR) is 69.8 cm³/mol. The number of carbonyl (C=O) groups excluding carboxylic acids is 2. The lowest BCUT2D eigenvalue weighted by Gasteiger charge is -2.19. The fourth-order valence-corrected chi connectivity index (χ4v) is 1.38. The van der Waals surface area contributed by atoms with E-state index in [-0.39, 0.29) is 37.1 Å². The van der Waals surface area contributed by atoms with Crippen LogP contribution in [-0.2, 0) is 14.3 Å². The van der Waals surface area contributed by atoms with E-state index in [1.165, 1.54) is 0 Å². The zero-order valence-electron chi connectivity index (χ0n) is 11.9. The molecule has 110 valence electrons. The van der Waals surface area contributed by atoms with Gasteiger partial charge in [-0.3, -0.25) is 9.59 Å². The lowest BCUT2D eigenvalue weighted by Crippen LogP contribution is -2.43. The van der Waals surface area contributed by atoms with Gasteiger partial charge in [0.15, 0.2) is 5.78 Å². The molecule has 0 rings (SSSR count). The van der Waals surface area contributed by atoms with Gasteiger partial charge >= 0.3 is 12.1 Å². The van der Waals surface area contributed by atoms with Crippen molar-refractivity contribution in [2.75, 3.05) is 6.61 Å². The Morgan fingerprint density at radius 3 is 2.16 bits per heavy atom. The second kappa shape index (κ2) is 8.50. The topological polar surface area (TPSA) is 92.7 Å². The third kappa shape index (κ3) is 8.18. The minimum atomic E-state index is -1.00. The van der Waals surface area contributed by atoms with E-state index in [1.807, 2.05) is 13.8 Å². The Kier molecular flexibility index (Phi) is 7.79. The predicted octanol–water partition coefficient (Wildman–Crippen LogP) is 1.83. The van der Waals surface area contributed by atoms with Gasteiger partial charge in [-0.25, -0.2) is 4.79 Å². The number of amides is 1. The molecule has 2 N–H and O–H groups in total. The third-order valence-corrected chi connectivity index (χ3v) is 2.40. The summed E-state index contributed by atoms with van der Waals surface area (Å²) in [7, 11) is 0. The molecular formula is C13H23NO5. The molecule has 0 heterocycles. The van der Waals surface area contributed by atoms with Gasteiger partial charge in [0.05, 0.1) is 12.6 Å². The molecule has 1 atom stereocenters. The van der Waals surface area contributed by atoms with Crippen molar-refractivity contribution in [3.63, 3.8) is 0 Å². The Morgan fingerprint density at radius 1 is 1.16 bits per heavy atom. The fraction of sp³-hybridized carbons (Fsp3) is 0.769. The van der Waals surface area contributed by atoms with Crippen LogP contribution in [0.15, 0.2) is 0 Å². The summed E-state index contributed by atoms with van der Waals surface area (Å²) in [4.78, 5) is 33.9. The number of alkyl carbamates (subject to hydrolysis) is 1. The molecular weight excluding hydrogens is 250 g/mol. The van der Waals surface area contributed by atoms with Gasteiger partial charge in [0.2, 0.25) is 0 Å². The Balaban J connectivity index is 4.44. The maximum absolute atomic E-state index is 11.9. The Hall–Kier alpha value is -1.59. The number of ether oxygens (including phenoxy) is 1. The molecule has 0 aliphatic rings. The van der Waals surface area contributed by atoms with Gasteiger partial charge in [0.25, 0.3) is 0 Å². The van der Waals surface area contributed by atoms with Crippen LogP contribution in [0, 0.1) is 11.8 Å². The largest absolute Gasteiger partial charge is 0.481 e. The first-order valence-electron chi connectivity index (χ1n) is 6.42. The molecule has 6 heteroatoms. The quantitative estimate of drug-likeness (QED) is 0.703. The van der Waals surface area contributed by atoms with Crippen LogP contribution in [0.2, 0.25) is 0 Å². The Bertz CT molecular complexity index is 325. The number of nitrogens with one attached hydrogen (secondary N) is 1. The van der Waals surface area contributed by atoms with Crippen molar-refractivity contribution < 1.29 is 24.2 Å². The monoisotopic (exact) mass is 273 g/mol. The Labute approximate surface area is 113 Å². The van der Waals surface area contributed by atoms with Crippen LogP contribution in [-0.4, -0.2) is 35.6 Å². The molecule has 1 unspecified atom stereocenters. The van der Waals surface area contributed by atoms with E-state index >= 15 is 0 Å². The van der Waals surface area contributed by atoms with Crippen LogP contribution in [0.25, 0.3) is 0 Å². The summed E-state index contributed by atoms with van der Waals surface area (Å²) in [6.45, 7) is 7.46. The first-order valence-corrected chi connectivity index (χ1v) is 6.42. The molecule has 6 nitrogen and oxygen atoms in total. The van der Waals surface area contributed by atoms with Crippen LogP contribution in [0.5, 0.6) is 0 Å². The molecule has 19 heavy (non-hydrogen) atoms. The molecule has 0 saturated heterocycles. The summed E-state index contributed by atoms with van der Waals surface area (Å²) < 4.78 is 4.92. The molecule has 0 spiro atoms. The van der Waals surface area contributed by atoms with E-state index in [9.17, 15) is 14.4 Å². The third-order valence-electron chi connectivity index (χ3n) is 2.40.